The molecule has 0 aromatic carbocycles. The molecule has 0 aliphatic heterocycles. The summed E-state index contributed by atoms with van der Waals surface area (Å²) in [6.45, 7) is 0. The molecule has 2 amide bonds. The van der Waals surface area contributed by atoms with Gasteiger partial charge in [0.2, 0.25) is 0 Å². The van der Waals surface area contributed by atoms with Crippen LogP contribution in [0.5, 0.6) is 0 Å². The number of hydrogen-bond donors (Lipinski definition) is 2. The number of hydrogen-bond acceptors (Lipinski definition) is 6. The van der Waals surface area contributed by atoms with Crippen molar-refractivity contribution < 1.29 is 19.2 Å². The van der Waals surface area contributed by atoms with Gasteiger partial charge in [0.1, 0.15) is 0 Å². The lowest BCUT2D eigenvalue weighted by Gasteiger charge is -1.95. The van der Waals surface area contributed by atoms with Gasteiger partial charge in [-0.3, -0.25) is 0 Å². The highest BCUT2D eigenvalue weighted by Crippen LogP contribution is 1.74. The Morgan fingerprint density at radius 1 is 1.50 bits per heavy atom. The Hall–Kier alpha value is -1.81. The molecule has 0 bridgehead atoms. The normalized spacial score (nSPS) is 7.20. The third-order valence-electron chi connectivity index (χ3n) is 0.450. The van der Waals surface area contributed by atoms with Crippen LogP contribution in [0.4, 0.5) is 9.59 Å². The highest BCUT2D eigenvalue weighted by Gasteiger charge is 2.07. The number of alkyl carbamates (subject to hydrolysis) is 1. The van der Waals surface area contributed by atoms with Crippen molar-refractivity contribution in [1.82, 2.24) is 5.32 Å². The number of ether oxygens (including phenoxy) is 1. The van der Waals surface area contributed by atoms with Gasteiger partial charge in [-0.05, 0) is 0 Å². The number of amides is 2. The van der Waals surface area contributed by atoms with Crippen molar-refractivity contribution in [2.45, 2.75) is 0 Å². The Morgan fingerprint density at radius 3 is 2.50 bits per heavy atom. The second-order valence-corrected chi connectivity index (χ2v) is 1.01. The molecule has 7 heteroatoms. The van der Waals surface area contributed by atoms with E-state index in [9.17, 15) is 9.59 Å². The Bertz CT molecular complexity index is 183. The van der Waals surface area contributed by atoms with Crippen LogP contribution in [0.2, 0.25) is 0 Å². The van der Waals surface area contributed by atoms with E-state index in [1.54, 1.807) is 0 Å². The molecule has 0 saturated carbocycles. The van der Waals surface area contributed by atoms with Crippen molar-refractivity contribution in [2.24, 2.45) is 5.90 Å². The third-order valence-corrected chi connectivity index (χ3v) is 0.450. The number of nitrogens with one attached hydrogen (secondary N) is 1. The Kier molecular flexibility index (Phi) is 3.36. The van der Waals surface area contributed by atoms with Gasteiger partial charge in [0.05, 0.1) is 0 Å². The van der Waals surface area contributed by atoms with E-state index >= 15 is 0 Å². The second-order valence-electron chi connectivity index (χ2n) is 1.01. The molecule has 3 N–H and O–H groups in total. The molecule has 54 valence electrons. The zero-order valence-corrected chi connectivity index (χ0v) is 4.66. The van der Waals surface area contributed by atoms with Crippen LogP contribution in [0.25, 0.3) is 0 Å². The minimum atomic E-state index is -1.24. The molecule has 0 atom stereocenters. The van der Waals surface area contributed by atoms with E-state index in [0.29, 0.717) is 0 Å². The van der Waals surface area contributed by atoms with E-state index in [1.165, 1.54) is 5.32 Å². The average Bonchev–Trinajstić information content (AvgIpc) is 1.88. The summed E-state index contributed by atoms with van der Waals surface area (Å²) in [6, 6.07) is 0. The van der Waals surface area contributed by atoms with Crippen LogP contribution in [-0.2, 0) is 9.57 Å². The Balaban J connectivity index is 3.60. The van der Waals surface area contributed by atoms with Gasteiger partial charge in [0.25, 0.3) is 6.26 Å². The topological polar surface area (TPSA) is 114 Å². The number of rotatable bonds is 0. The van der Waals surface area contributed by atoms with Gasteiger partial charge < -0.3 is 9.57 Å². The lowest BCUT2D eigenvalue weighted by atomic mass is 11.0. The zero-order valence-electron chi connectivity index (χ0n) is 4.66. The van der Waals surface area contributed by atoms with Crippen molar-refractivity contribution in [3.05, 3.63) is 0 Å². The molecular weight excluding hydrogens is 142 g/mol. The third kappa shape index (κ3) is 3.23. The molecular formula is C3H3N3O4. The van der Waals surface area contributed by atoms with Gasteiger partial charge in [0.15, 0.2) is 0 Å². The van der Waals surface area contributed by atoms with Gasteiger partial charge in [-0.2, -0.15) is 5.90 Å². The maximum absolute atomic E-state index is 10.1. The average molecular weight is 145 g/mol. The van der Waals surface area contributed by atoms with E-state index in [0.717, 1.165) is 6.26 Å². The van der Waals surface area contributed by atoms with Gasteiger partial charge in [0, 0.05) is 0 Å². The molecule has 7 nitrogen and oxygen atoms in total. The first kappa shape index (κ1) is 8.19. The fraction of sp³-hybridized carbons (Fsp3) is 0. The zero-order chi connectivity index (χ0) is 7.98. The summed E-state index contributed by atoms with van der Waals surface area (Å²) >= 11 is 0. The lowest BCUT2D eigenvalue weighted by Crippen LogP contribution is -2.32. The minimum Gasteiger partial charge on any atom is -0.356 e. The SMILES string of the molecule is N#COC(=O)NC(=O)ON. The summed E-state index contributed by atoms with van der Waals surface area (Å²) in [5.41, 5.74) is 0. The molecule has 0 heterocycles. The molecule has 0 fully saturated rings. The van der Waals surface area contributed by atoms with Crippen LogP contribution < -0.4 is 11.2 Å². The lowest BCUT2D eigenvalue weighted by molar-refractivity contribution is 0.140. The number of nitriles is 1. The first-order valence-electron chi connectivity index (χ1n) is 1.98. The maximum Gasteiger partial charge on any atom is 0.435 e. The molecule has 0 spiro atoms. The number of imide groups is 1. The van der Waals surface area contributed by atoms with Crippen LogP contribution in [0, 0.1) is 11.5 Å². The first-order valence-corrected chi connectivity index (χ1v) is 1.98. The highest BCUT2D eigenvalue weighted by atomic mass is 16.7. The number of carbonyl (C=O) groups excluding carboxylic acids is 2. The summed E-state index contributed by atoms with van der Waals surface area (Å²) in [4.78, 5) is 23.6. The summed E-state index contributed by atoms with van der Waals surface area (Å²) in [7, 11) is 0. The van der Waals surface area contributed by atoms with Crippen molar-refractivity contribution in [2.75, 3.05) is 0 Å². The van der Waals surface area contributed by atoms with Crippen LogP contribution in [0.1, 0.15) is 0 Å². The smallest absolute Gasteiger partial charge is 0.356 e. The predicted octanol–water partition coefficient (Wildman–Crippen LogP) is -0.796. The van der Waals surface area contributed by atoms with Crippen molar-refractivity contribution in [3.63, 3.8) is 0 Å². The molecule has 0 rings (SSSR count). The molecule has 0 aliphatic rings. The highest BCUT2D eigenvalue weighted by molar-refractivity contribution is 5.87. The molecule has 0 unspecified atom stereocenters. The molecule has 0 saturated heterocycles. The minimum absolute atomic E-state index is 1.04. The van der Waals surface area contributed by atoms with E-state index in [1.807, 2.05) is 0 Å². The summed E-state index contributed by atoms with van der Waals surface area (Å²) in [6.07, 6.45) is -1.40. The van der Waals surface area contributed by atoms with Crippen molar-refractivity contribution >= 4 is 12.2 Å². The van der Waals surface area contributed by atoms with E-state index < -0.39 is 12.2 Å². The van der Waals surface area contributed by atoms with Gasteiger partial charge >= 0.3 is 12.2 Å². The summed E-state index contributed by atoms with van der Waals surface area (Å²) in [5.74, 6) is 4.31. The predicted molar refractivity (Wildman–Crippen MR) is 25.9 cm³/mol. The maximum atomic E-state index is 10.1. The van der Waals surface area contributed by atoms with Crippen LogP contribution in [0.3, 0.4) is 0 Å². The fourth-order valence-corrected chi connectivity index (χ4v) is 0.180. The fourth-order valence-electron chi connectivity index (χ4n) is 0.180. The number of nitrogens with two attached hydrogens (primary N) is 1. The standard InChI is InChI=1S/C3H3N3O4/c4-1-9-2(7)6-3(8)10-5/h5H2,(H,6,7,8). The first-order chi connectivity index (χ1) is 4.70. The summed E-state index contributed by atoms with van der Waals surface area (Å²) < 4.78 is 3.61. The summed E-state index contributed by atoms with van der Waals surface area (Å²) in [5, 5.41) is 9.17. The largest absolute Gasteiger partial charge is 0.435 e. The molecule has 10 heavy (non-hydrogen) atoms. The molecule has 0 aliphatic carbocycles. The van der Waals surface area contributed by atoms with Gasteiger partial charge in [-0.15, -0.1) is 5.26 Å². The molecule has 0 radical (unpaired) electrons. The monoisotopic (exact) mass is 145 g/mol. The van der Waals surface area contributed by atoms with Crippen LogP contribution in [-0.4, -0.2) is 12.2 Å². The van der Waals surface area contributed by atoms with Crippen LogP contribution in [0.15, 0.2) is 0 Å². The van der Waals surface area contributed by atoms with Crippen LogP contribution >= 0.6 is 0 Å². The Morgan fingerprint density at radius 2 is 2.10 bits per heavy atom. The molecule has 0 aromatic rings. The van der Waals surface area contributed by atoms with E-state index in [4.69, 9.17) is 5.26 Å². The van der Waals surface area contributed by atoms with Gasteiger partial charge in [-0.1, -0.05) is 0 Å². The second kappa shape index (κ2) is 4.11. The van der Waals surface area contributed by atoms with Crippen molar-refractivity contribution in [3.8, 4) is 6.26 Å². The number of carbonyl (C=O) groups is 2. The number of nitrogens with zero attached hydrogens (tertiary/aromatic N) is 1. The quantitative estimate of drug-likeness (QED) is 0.340. The molecule has 0 aromatic heterocycles. The van der Waals surface area contributed by atoms with E-state index in [-0.39, 0.29) is 0 Å². The van der Waals surface area contributed by atoms with Gasteiger partial charge in [-0.25, -0.2) is 14.9 Å². The van der Waals surface area contributed by atoms with Crippen molar-refractivity contribution in [1.29, 1.82) is 5.26 Å². The Labute approximate surface area is 55.3 Å². The van der Waals surface area contributed by atoms with E-state index in [2.05, 4.69) is 15.5 Å².